The lowest BCUT2D eigenvalue weighted by Gasteiger charge is -2.33. The number of benzene rings is 2. The molecule has 1 aliphatic heterocycles. The number of ether oxygens (including phenoxy) is 2. The number of anilines is 1. The Morgan fingerprint density at radius 1 is 1.20 bits per heavy atom. The van der Waals surface area contributed by atoms with E-state index in [0.717, 1.165) is 12.1 Å². The topological polar surface area (TPSA) is 132 Å². The molecule has 10 nitrogen and oxygen atoms in total. The highest BCUT2D eigenvalue weighted by Crippen LogP contribution is 2.37. The van der Waals surface area contributed by atoms with Crippen LogP contribution in [0.15, 0.2) is 54.4 Å². The van der Waals surface area contributed by atoms with Crippen LogP contribution < -0.4 is 10.5 Å². The minimum atomic E-state index is -1.19. The number of aromatic nitrogens is 4. The number of fused-ring (bicyclic) bond motifs is 1. The first-order valence-corrected chi connectivity index (χ1v) is 14.0. The summed E-state index contributed by atoms with van der Waals surface area (Å²) in [6, 6.07) is 8.91. The average molecular weight is 606 g/mol. The Hall–Kier alpha value is -4.96. The van der Waals surface area contributed by atoms with Crippen LogP contribution in [-0.4, -0.2) is 55.9 Å². The highest BCUT2D eigenvalue weighted by Gasteiger charge is 2.31. The molecule has 1 aliphatic rings. The zero-order valence-electron chi connectivity index (χ0n) is 24.4. The summed E-state index contributed by atoms with van der Waals surface area (Å²) in [6.45, 7) is 6.47. The zero-order valence-corrected chi connectivity index (χ0v) is 24.4. The van der Waals surface area contributed by atoms with Crippen molar-refractivity contribution < 1.29 is 27.4 Å². The Bertz CT molecular complexity index is 1800. The van der Waals surface area contributed by atoms with E-state index in [-0.39, 0.29) is 41.0 Å². The number of halogens is 3. The van der Waals surface area contributed by atoms with Gasteiger partial charge in [-0.1, -0.05) is 6.07 Å². The van der Waals surface area contributed by atoms with Crippen LogP contribution in [0.3, 0.4) is 0 Å². The number of nitrogen functional groups attached to an aromatic ring is 1. The van der Waals surface area contributed by atoms with Crippen molar-refractivity contribution in [2.45, 2.75) is 45.3 Å². The van der Waals surface area contributed by atoms with Gasteiger partial charge >= 0.3 is 0 Å². The van der Waals surface area contributed by atoms with Crippen molar-refractivity contribution in [3.8, 4) is 28.8 Å². The Labute approximate surface area is 251 Å². The number of carbonyl (C=O) groups excluding carboxylic acids is 1. The third kappa shape index (κ3) is 6.07. The van der Waals surface area contributed by atoms with Gasteiger partial charge in [0.15, 0.2) is 17.2 Å². The van der Waals surface area contributed by atoms with E-state index in [1.54, 1.807) is 23.4 Å². The molecule has 0 aliphatic carbocycles. The smallest absolute Gasteiger partial charge is 0.264 e. The number of likely N-dealkylation sites (tertiary alicyclic amines) is 1. The monoisotopic (exact) mass is 605 g/mol. The van der Waals surface area contributed by atoms with Crippen molar-refractivity contribution in [1.29, 1.82) is 5.26 Å². The van der Waals surface area contributed by atoms with E-state index in [4.69, 9.17) is 20.3 Å². The largest absolute Gasteiger partial charge is 0.454 e. The number of amides is 1. The first kappa shape index (κ1) is 30.5. The Morgan fingerprint density at radius 2 is 2.00 bits per heavy atom. The minimum Gasteiger partial charge on any atom is -0.454 e. The summed E-state index contributed by atoms with van der Waals surface area (Å²) in [5.41, 5.74) is 5.96. The fourth-order valence-corrected chi connectivity index (χ4v) is 5.29. The predicted molar refractivity (Wildman–Crippen MR) is 156 cm³/mol. The minimum absolute atomic E-state index is 0.0239. The molecule has 0 unspecified atom stereocenters. The molecule has 0 saturated carbocycles. The highest BCUT2D eigenvalue weighted by molar-refractivity contribution is 5.99. The van der Waals surface area contributed by atoms with Crippen LogP contribution in [-0.2, 0) is 9.53 Å². The summed E-state index contributed by atoms with van der Waals surface area (Å²) in [7, 11) is 0. The maximum absolute atomic E-state index is 15.5. The van der Waals surface area contributed by atoms with E-state index < -0.39 is 34.7 Å². The summed E-state index contributed by atoms with van der Waals surface area (Å²) in [5.74, 6) is -3.83. The number of piperidine rings is 1. The number of carbonyl (C=O) groups is 1. The van der Waals surface area contributed by atoms with E-state index >= 15 is 4.39 Å². The Kier molecular flexibility index (Phi) is 8.55. The third-order valence-electron chi connectivity index (χ3n) is 7.25. The second-order valence-corrected chi connectivity index (χ2v) is 10.8. The highest BCUT2D eigenvalue weighted by atomic mass is 19.2. The molecule has 3 heterocycles. The first-order chi connectivity index (χ1) is 21.0. The quantitative estimate of drug-likeness (QED) is 0.199. The molecule has 1 fully saturated rings. The zero-order chi connectivity index (χ0) is 31.6. The van der Waals surface area contributed by atoms with Crippen molar-refractivity contribution in [3.05, 3.63) is 71.8 Å². The molecule has 1 amide bonds. The number of nitrogens with zero attached hydrogens (tertiary/aromatic N) is 6. The summed E-state index contributed by atoms with van der Waals surface area (Å²) >= 11 is 0. The molecule has 2 N–H and O–H groups in total. The fraction of sp³-hybridized carbons (Fsp3) is 0.323. The van der Waals surface area contributed by atoms with Crippen molar-refractivity contribution in [3.63, 3.8) is 0 Å². The van der Waals surface area contributed by atoms with Crippen LogP contribution in [0.2, 0.25) is 0 Å². The van der Waals surface area contributed by atoms with Gasteiger partial charge in [-0.15, -0.1) is 0 Å². The van der Waals surface area contributed by atoms with Gasteiger partial charge in [-0.25, -0.2) is 23.4 Å². The van der Waals surface area contributed by atoms with E-state index in [1.807, 2.05) is 13.0 Å². The summed E-state index contributed by atoms with van der Waals surface area (Å²) in [6.07, 6.45) is 4.06. The summed E-state index contributed by atoms with van der Waals surface area (Å²) in [5, 5.41) is 14.8. The molecule has 5 rings (SSSR count). The molecule has 1 atom stereocenters. The van der Waals surface area contributed by atoms with Gasteiger partial charge in [-0.2, -0.15) is 14.8 Å². The van der Waals surface area contributed by atoms with Crippen LogP contribution in [0, 0.1) is 28.8 Å². The second kappa shape index (κ2) is 12.3. The van der Waals surface area contributed by atoms with E-state index in [2.05, 4.69) is 9.97 Å². The molecular weight excluding hydrogens is 575 g/mol. The molecule has 0 spiro atoms. The van der Waals surface area contributed by atoms with Gasteiger partial charge in [-0.3, -0.25) is 4.79 Å². The SMILES string of the molecule is CCOC(C)(C)/C=C(\C#N)C(=O)N1CCC[C@@H](n2nc(-c3ccc(Oc4cccc(F)c4F)cc3F)c3c(N)ncnc32)C1. The molecular formula is C31H30F3N7O3. The lowest BCUT2D eigenvalue weighted by atomic mass is 10.0. The normalized spacial score (nSPS) is 15.8. The number of hydrogen-bond acceptors (Lipinski definition) is 8. The van der Waals surface area contributed by atoms with Crippen LogP contribution in [0.4, 0.5) is 19.0 Å². The van der Waals surface area contributed by atoms with Gasteiger partial charge in [0.25, 0.3) is 5.91 Å². The standard InChI is InChI=1S/C31H30F3N7O3/c1-4-43-31(2,3)14-18(15-35)30(42)40-12-6-7-19(16-40)41-29-25(28(36)37-17-38-29)27(39-41)21-11-10-20(13-23(21)33)44-24-9-5-8-22(32)26(24)34/h5,8-11,13-14,17,19H,4,6-7,12,16H2,1-3H3,(H2,36,37,38)/b18-14+/t19-/m1/s1. The van der Waals surface area contributed by atoms with Gasteiger partial charge < -0.3 is 20.1 Å². The second-order valence-electron chi connectivity index (χ2n) is 10.8. The maximum Gasteiger partial charge on any atom is 0.264 e. The summed E-state index contributed by atoms with van der Waals surface area (Å²) < 4.78 is 55.9. The van der Waals surface area contributed by atoms with Gasteiger partial charge in [0, 0.05) is 31.3 Å². The maximum atomic E-state index is 15.5. The van der Waals surface area contributed by atoms with Gasteiger partial charge in [0.1, 0.15) is 41.0 Å². The number of nitriles is 1. The molecule has 44 heavy (non-hydrogen) atoms. The van der Waals surface area contributed by atoms with E-state index in [0.29, 0.717) is 37.0 Å². The van der Waals surface area contributed by atoms with Gasteiger partial charge in [0.2, 0.25) is 5.82 Å². The Morgan fingerprint density at radius 3 is 2.73 bits per heavy atom. The van der Waals surface area contributed by atoms with Crippen molar-refractivity contribution in [2.75, 3.05) is 25.4 Å². The molecule has 1 saturated heterocycles. The van der Waals surface area contributed by atoms with E-state index in [9.17, 15) is 18.8 Å². The molecule has 0 radical (unpaired) electrons. The molecule has 2 aromatic heterocycles. The average Bonchev–Trinajstić information content (AvgIpc) is 3.39. The molecule has 228 valence electrons. The molecule has 0 bridgehead atoms. The van der Waals surface area contributed by atoms with Crippen molar-refractivity contribution in [2.24, 2.45) is 0 Å². The fourth-order valence-electron chi connectivity index (χ4n) is 5.29. The van der Waals surface area contributed by atoms with Crippen LogP contribution in [0.25, 0.3) is 22.3 Å². The molecule has 4 aromatic rings. The van der Waals surface area contributed by atoms with Crippen molar-refractivity contribution >= 4 is 22.8 Å². The number of rotatable bonds is 8. The Balaban J connectivity index is 1.47. The van der Waals surface area contributed by atoms with Gasteiger partial charge in [0.05, 0.1) is 17.0 Å². The molecule has 2 aromatic carbocycles. The summed E-state index contributed by atoms with van der Waals surface area (Å²) in [4.78, 5) is 23.4. The van der Waals surface area contributed by atoms with Crippen LogP contribution >= 0.6 is 0 Å². The first-order valence-electron chi connectivity index (χ1n) is 14.0. The van der Waals surface area contributed by atoms with E-state index in [1.165, 1.54) is 36.7 Å². The van der Waals surface area contributed by atoms with Crippen LogP contribution in [0.1, 0.15) is 39.7 Å². The number of hydrogen-bond donors (Lipinski definition) is 1. The van der Waals surface area contributed by atoms with Crippen LogP contribution in [0.5, 0.6) is 11.5 Å². The van der Waals surface area contributed by atoms with Gasteiger partial charge in [-0.05, 0) is 64.0 Å². The number of nitrogens with two attached hydrogens (primary N) is 1. The van der Waals surface area contributed by atoms with Crippen molar-refractivity contribution in [1.82, 2.24) is 24.6 Å². The lowest BCUT2D eigenvalue weighted by molar-refractivity contribution is -0.128. The predicted octanol–water partition coefficient (Wildman–Crippen LogP) is 5.71. The third-order valence-corrected chi connectivity index (χ3v) is 7.25. The molecule has 13 heteroatoms. The lowest BCUT2D eigenvalue weighted by Crippen LogP contribution is -2.42.